The number of aromatic nitrogens is 4. The van der Waals surface area contributed by atoms with Gasteiger partial charge in [-0.3, -0.25) is 0 Å². The highest BCUT2D eigenvalue weighted by molar-refractivity contribution is 5.50. The molecule has 2 rings (SSSR count). The molecule has 104 valence electrons. The minimum atomic E-state index is -0.252. The van der Waals surface area contributed by atoms with Crippen molar-refractivity contribution >= 4 is 11.5 Å². The van der Waals surface area contributed by atoms with Gasteiger partial charge in [-0.05, 0) is 26.4 Å². The standard InChI is InChI=1S/C12H20N6O/c1-8(6-13-3)7-17(4)10-5-11-15-16-12(19)18(11)9(2)14-10/h5,8,13H,6-7H2,1-4H3,(H,16,19). The van der Waals surface area contributed by atoms with Crippen LogP contribution >= 0.6 is 0 Å². The van der Waals surface area contributed by atoms with Crippen molar-refractivity contribution in [2.75, 3.05) is 32.1 Å². The molecule has 19 heavy (non-hydrogen) atoms. The Balaban J connectivity index is 2.27. The van der Waals surface area contributed by atoms with Gasteiger partial charge in [-0.25, -0.2) is 19.3 Å². The van der Waals surface area contributed by atoms with E-state index in [0.717, 1.165) is 18.9 Å². The highest BCUT2D eigenvalue weighted by Crippen LogP contribution is 2.13. The molecule has 0 fully saturated rings. The van der Waals surface area contributed by atoms with Gasteiger partial charge in [0, 0.05) is 19.7 Å². The van der Waals surface area contributed by atoms with Crippen LogP contribution in [-0.2, 0) is 0 Å². The maximum atomic E-state index is 11.5. The molecule has 0 aromatic carbocycles. The molecule has 7 nitrogen and oxygen atoms in total. The fourth-order valence-corrected chi connectivity index (χ4v) is 2.25. The second-order valence-corrected chi connectivity index (χ2v) is 4.93. The van der Waals surface area contributed by atoms with Crippen LogP contribution in [-0.4, -0.2) is 46.8 Å². The summed E-state index contributed by atoms with van der Waals surface area (Å²) in [5, 5.41) is 9.58. The fraction of sp³-hybridized carbons (Fsp3) is 0.583. The summed E-state index contributed by atoms with van der Waals surface area (Å²) < 4.78 is 1.47. The molecule has 0 aliphatic rings. The Kier molecular flexibility index (Phi) is 3.84. The molecule has 0 bridgehead atoms. The van der Waals surface area contributed by atoms with Crippen molar-refractivity contribution in [3.63, 3.8) is 0 Å². The van der Waals surface area contributed by atoms with Crippen LogP contribution in [0, 0.1) is 12.8 Å². The molecule has 2 heterocycles. The first kappa shape index (κ1) is 13.5. The predicted molar refractivity (Wildman–Crippen MR) is 74.7 cm³/mol. The lowest BCUT2D eigenvalue weighted by molar-refractivity contribution is 0.540. The van der Waals surface area contributed by atoms with Crippen molar-refractivity contribution in [1.29, 1.82) is 0 Å². The second kappa shape index (κ2) is 5.40. The van der Waals surface area contributed by atoms with Crippen molar-refractivity contribution in [3.05, 3.63) is 22.4 Å². The lowest BCUT2D eigenvalue weighted by Crippen LogP contribution is -2.30. The van der Waals surface area contributed by atoms with Crippen LogP contribution < -0.4 is 15.9 Å². The third-order valence-corrected chi connectivity index (χ3v) is 3.09. The number of hydrogen-bond donors (Lipinski definition) is 2. The van der Waals surface area contributed by atoms with Crippen molar-refractivity contribution in [2.24, 2.45) is 5.92 Å². The number of H-pyrrole nitrogens is 1. The molecular formula is C12H20N6O. The van der Waals surface area contributed by atoms with E-state index in [4.69, 9.17) is 0 Å². The van der Waals surface area contributed by atoms with Crippen LogP contribution in [0.15, 0.2) is 10.9 Å². The lowest BCUT2D eigenvalue weighted by Gasteiger charge is -2.22. The van der Waals surface area contributed by atoms with Gasteiger partial charge in [-0.1, -0.05) is 6.92 Å². The Hall–Kier alpha value is -1.89. The highest BCUT2D eigenvalue weighted by atomic mass is 16.1. The van der Waals surface area contributed by atoms with Crippen LogP contribution in [0.3, 0.4) is 0 Å². The van der Waals surface area contributed by atoms with Crippen molar-refractivity contribution < 1.29 is 0 Å². The Morgan fingerprint density at radius 2 is 2.32 bits per heavy atom. The van der Waals surface area contributed by atoms with Gasteiger partial charge in [-0.2, -0.15) is 5.10 Å². The largest absolute Gasteiger partial charge is 0.359 e. The average Bonchev–Trinajstić information content (AvgIpc) is 2.71. The molecule has 0 saturated heterocycles. The molecule has 0 amide bonds. The maximum absolute atomic E-state index is 11.5. The van der Waals surface area contributed by atoms with Gasteiger partial charge < -0.3 is 10.2 Å². The molecule has 1 atom stereocenters. The Morgan fingerprint density at radius 3 is 3.00 bits per heavy atom. The summed E-state index contributed by atoms with van der Waals surface area (Å²) in [5.74, 6) is 1.97. The minimum Gasteiger partial charge on any atom is -0.359 e. The van der Waals surface area contributed by atoms with E-state index in [2.05, 4.69) is 32.3 Å². The van der Waals surface area contributed by atoms with Crippen molar-refractivity contribution in [1.82, 2.24) is 24.9 Å². The van der Waals surface area contributed by atoms with Gasteiger partial charge in [0.25, 0.3) is 0 Å². The topological polar surface area (TPSA) is 78.3 Å². The lowest BCUT2D eigenvalue weighted by atomic mass is 10.1. The molecule has 2 aromatic rings. The zero-order valence-electron chi connectivity index (χ0n) is 11.8. The number of aryl methyl sites for hydroxylation is 1. The first-order valence-electron chi connectivity index (χ1n) is 6.33. The molecule has 7 heteroatoms. The fourth-order valence-electron chi connectivity index (χ4n) is 2.25. The van der Waals surface area contributed by atoms with Gasteiger partial charge in [0.15, 0.2) is 5.65 Å². The zero-order chi connectivity index (χ0) is 14.0. The SMILES string of the molecule is CNCC(C)CN(C)c1cc2n[nH]c(=O)n2c(C)n1. The molecule has 2 aromatic heterocycles. The summed E-state index contributed by atoms with van der Waals surface area (Å²) in [7, 11) is 3.94. The number of aromatic amines is 1. The van der Waals surface area contributed by atoms with E-state index in [0.29, 0.717) is 17.4 Å². The van der Waals surface area contributed by atoms with Crippen LogP contribution in [0.2, 0.25) is 0 Å². The number of rotatable bonds is 5. The molecule has 0 aliphatic heterocycles. The molecule has 1 unspecified atom stereocenters. The highest BCUT2D eigenvalue weighted by Gasteiger charge is 2.12. The van der Waals surface area contributed by atoms with Crippen LogP contribution in [0.1, 0.15) is 12.7 Å². The van der Waals surface area contributed by atoms with Crippen LogP contribution in [0.5, 0.6) is 0 Å². The van der Waals surface area contributed by atoms with Crippen molar-refractivity contribution in [2.45, 2.75) is 13.8 Å². The van der Waals surface area contributed by atoms with E-state index in [1.165, 1.54) is 4.40 Å². The molecular weight excluding hydrogens is 244 g/mol. The van der Waals surface area contributed by atoms with Crippen LogP contribution in [0.25, 0.3) is 5.65 Å². The summed E-state index contributed by atoms with van der Waals surface area (Å²) in [5.41, 5.74) is 0.346. The number of fused-ring (bicyclic) bond motifs is 1. The van der Waals surface area contributed by atoms with E-state index in [1.807, 2.05) is 20.2 Å². The summed E-state index contributed by atoms with van der Waals surface area (Å²) in [6.07, 6.45) is 0. The molecule has 0 spiro atoms. The number of anilines is 1. The van der Waals surface area contributed by atoms with E-state index >= 15 is 0 Å². The van der Waals surface area contributed by atoms with E-state index in [-0.39, 0.29) is 5.69 Å². The second-order valence-electron chi connectivity index (χ2n) is 4.93. The van der Waals surface area contributed by atoms with Crippen LogP contribution in [0.4, 0.5) is 5.82 Å². The number of nitrogens with zero attached hydrogens (tertiary/aromatic N) is 4. The minimum absolute atomic E-state index is 0.252. The number of hydrogen-bond acceptors (Lipinski definition) is 5. The third kappa shape index (κ3) is 2.76. The summed E-state index contributed by atoms with van der Waals surface area (Å²) in [4.78, 5) is 18.1. The quantitative estimate of drug-likeness (QED) is 0.796. The predicted octanol–water partition coefficient (Wildman–Crippen LogP) is 0.0177. The Morgan fingerprint density at radius 1 is 1.58 bits per heavy atom. The average molecular weight is 264 g/mol. The van der Waals surface area contributed by atoms with Gasteiger partial charge in [0.1, 0.15) is 11.6 Å². The first-order chi connectivity index (χ1) is 9.02. The van der Waals surface area contributed by atoms with E-state index in [9.17, 15) is 4.79 Å². The molecule has 0 radical (unpaired) electrons. The first-order valence-corrected chi connectivity index (χ1v) is 6.33. The summed E-state index contributed by atoms with van der Waals surface area (Å²) >= 11 is 0. The summed E-state index contributed by atoms with van der Waals surface area (Å²) in [6.45, 7) is 5.82. The van der Waals surface area contributed by atoms with E-state index < -0.39 is 0 Å². The van der Waals surface area contributed by atoms with Crippen molar-refractivity contribution in [3.8, 4) is 0 Å². The zero-order valence-corrected chi connectivity index (χ0v) is 11.8. The van der Waals surface area contributed by atoms with E-state index in [1.54, 1.807) is 6.92 Å². The summed E-state index contributed by atoms with van der Waals surface area (Å²) in [6, 6.07) is 1.82. The Bertz CT molecular complexity index is 616. The number of nitrogens with one attached hydrogen (secondary N) is 2. The molecule has 0 saturated carbocycles. The van der Waals surface area contributed by atoms with Gasteiger partial charge in [-0.15, -0.1) is 0 Å². The molecule has 2 N–H and O–H groups in total. The monoisotopic (exact) mass is 264 g/mol. The smallest absolute Gasteiger partial charge is 0.349 e. The normalized spacial score (nSPS) is 12.8. The van der Waals surface area contributed by atoms with Gasteiger partial charge in [0.2, 0.25) is 0 Å². The van der Waals surface area contributed by atoms with Gasteiger partial charge in [0.05, 0.1) is 0 Å². The Labute approximate surface area is 111 Å². The third-order valence-electron chi connectivity index (χ3n) is 3.09. The maximum Gasteiger partial charge on any atom is 0.349 e. The van der Waals surface area contributed by atoms with Gasteiger partial charge >= 0.3 is 5.69 Å². The molecule has 0 aliphatic carbocycles.